The largest absolute Gasteiger partial charge is 0.305 e. The van der Waals surface area contributed by atoms with Gasteiger partial charge in [-0.05, 0) is 25.0 Å². The summed E-state index contributed by atoms with van der Waals surface area (Å²) in [4.78, 5) is 17.3. The molecule has 0 aliphatic heterocycles. The van der Waals surface area contributed by atoms with Crippen LogP contribution < -0.4 is 10.9 Å². The first-order valence-electron chi connectivity index (χ1n) is 7.45. The Morgan fingerprint density at radius 3 is 2.91 bits per heavy atom. The van der Waals surface area contributed by atoms with E-state index in [9.17, 15) is 4.79 Å². The second-order valence-electron chi connectivity index (χ2n) is 5.25. The molecule has 1 aromatic carbocycles. The number of aryl methyl sites for hydroxylation is 1. The number of halogens is 1. The summed E-state index contributed by atoms with van der Waals surface area (Å²) in [6.07, 6.45) is 0.796. The van der Waals surface area contributed by atoms with Gasteiger partial charge in [-0.25, -0.2) is 4.98 Å². The SMILES string of the molecule is CCc1nn2c(=O)cc(CN[C@@H](C)c3ccccc3Cl)nc2s1. The van der Waals surface area contributed by atoms with E-state index in [4.69, 9.17) is 11.6 Å². The van der Waals surface area contributed by atoms with Gasteiger partial charge in [0.25, 0.3) is 5.56 Å². The summed E-state index contributed by atoms with van der Waals surface area (Å²) in [6.45, 7) is 4.54. The molecule has 0 amide bonds. The van der Waals surface area contributed by atoms with Gasteiger partial charge in [0, 0.05) is 23.7 Å². The highest BCUT2D eigenvalue weighted by molar-refractivity contribution is 7.16. The zero-order chi connectivity index (χ0) is 16.4. The zero-order valence-corrected chi connectivity index (χ0v) is 14.5. The molecule has 0 aliphatic carbocycles. The number of nitrogens with one attached hydrogen (secondary N) is 1. The standard InChI is InChI=1S/C16H17ClN4OS/c1-3-14-20-21-15(22)8-11(19-16(21)23-14)9-18-10(2)12-6-4-5-7-13(12)17/h4-8,10,18H,3,9H2,1-2H3/t10-/m0/s1. The van der Waals surface area contributed by atoms with Crippen molar-refractivity contribution in [3.8, 4) is 0 Å². The van der Waals surface area contributed by atoms with Crippen molar-refractivity contribution in [2.24, 2.45) is 0 Å². The number of fused-ring (bicyclic) bond motifs is 1. The predicted octanol–water partition coefficient (Wildman–Crippen LogP) is 3.22. The summed E-state index contributed by atoms with van der Waals surface area (Å²) in [5.41, 5.74) is 1.59. The van der Waals surface area contributed by atoms with Crippen molar-refractivity contribution in [3.63, 3.8) is 0 Å². The van der Waals surface area contributed by atoms with E-state index in [0.29, 0.717) is 17.2 Å². The molecule has 0 unspecified atom stereocenters. The molecule has 0 bridgehead atoms. The fraction of sp³-hybridized carbons (Fsp3) is 0.312. The molecule has 2 aromatic heterocycles. The molecule has 0 spiro atoms. The van der Waals surface area contributed by atoms with Crippen LogP contribution in [0.5, 0.6) is 0 Å². The summed E-state index contributed by atoms with van der Waals surface area (Å²) >= 11 is 7.66. The molecule has 2 heterocycles. The Hall–Kier alpha value is -1.76. The number of nitrogens with zero attached hydrogens (tertiary/aromatic N) is 3. The molecule has 0 aliphatic rings. The van der Waals surface area contributed by atoms with E-state index >= 15 is 0 Å². The van der Waals surface area contributed by atoms with Gasteiger partial charge in [0.2, 0.25) is 4.96 Å². The van der Waals surface area contributed by atoms with Crippen LogP contribution in [0.4, 0.5) is 0 Å². The Bertz CT molecular complexity index is 889. The zero-order valence-electron chi connectivity index (χ0n) is 12.9. The van der Waals surface area contributed by atoms with Crippen molar-refractivity contribution in [1.29, 1.82) is 0 Å². The van der Waals surface area contributed by atoms with Crippen molar-refractivity contribution < 1.29 is 0 Å². The number of benzene rings is 1. The molecule has 0 saturated carbocycles. The molecular formula is C16H17ClN4OS. The van der Waals surface area contributed by atoms with Crippen molar-refractivity contribution in [2.75, 3.05) is 0 Å². The maximum absolute atomic E-state index is 12.1. The van der Waals surface area contributed by atoms with E-state index in [0.717, 1.165) is 22.0 Å². The minimum Gasteiger partial charge on any atom is -0.305 e. The predicted molar refractivity (Wildman–Crippen MR) is 93.2 cm³/mol. The molecule has 0 saturated heterocycles. The lowest BCUT2D eigenvalue weighted by Gasteiger charge is -2.15. The molecular weight excluding hydrogens is 332 g/mol. The quantitative estimate of drug-likeness (QED) is 0.769. The smallest absolute Gasteiger partial charge is 0.275 e. The minimum absolute atomic E-state index is 0.0663. The lowest BCUT2D eigenvalue weighted by Crippen LogP contribution is -2.22. The van der Waals surface area contributed by atoms with Gasteiger partial charge < -0.3 is 5.32 Å². The first kappa shape index (κ1) is 16.1. The van der Waals surface area contributed by atoms with Crippen LogP contribution in [0.15, 0.2) is 35.1 Å². The second-order valence-corrected chi connectivity index (χ2v) is 6.70. The number of aromatic nitrogens is 3. The van der Waals surface area contributed by atoms with Crippen LogP contribution in [0.25, 0.3) is 4.96 Å². The molecule has 7 heteroatoms. The Morgan fingerprint density at radius 1 is 1.39 bits per heavy atom. The van der Waals surface area contributed by atoms with Crippen molar-refractivity contribution >= 4 is 27.9 Å². The van der Waals surface area contributed by atoms with Gasteiger partial charge in [0.1, 0.15) is 5.01 Å². The Morgan fingerprint density at radius 2 is 2.17 bits per heavy atom. The average Bonchev–Trinajstić information content (AvgIpc) is 2.97. The van der Waals surface area contributed by atoms with Crippen LogP contribution in [0, 0.1) is 0 Å². The highest BCUT2D eigenvalue weighted by atomic mass is 35.5. The van der Waals surface area contributed by atoms with Crippen molar-refractivity contribution in [2.45, 2.75) is 32.9 Å². The second kappa shape index (κ2) is 6.78. The van der Waals surface area contributed by atoms with Crippen LogP contribution in [0.1, 0.15) is 36.2 Å². The highest BCUT2D eigenvalue weighted by Gasteiger charge is 2.11. The maximum atomic E-state index is 12.1. The lowest BCUT2D eigenvalue weighted by molar-refractivity contribution is 0.567. The third-order valence-electron chi connectivity index (χ3n) is 3.60. The van der Waals surface area contributed by atoms with Crippen LogP contribution in [0.2, 0.25) is 5.02 Å². The molecule has 3 aromatic rings. The van der Waals surface area contributed by atoms with Crippen LogP contribution in [-0.2, 0) is 13.0 Å². The van der Waals surface area contributed by atoms with Crippen LogP contribution in [0.3, 0.4) is 0 Å². The Kier molecular flexibility index (Phi) is 4.75. The fourth-order valence-electron chi connectivity index (χ4n) is 2.32. The van der Waals surface area contributed by atoms with Crippen LogP contribution in [-0.4, -0.2) is 14.6 Å². The minimum atomic E-state index is -0.145. The molecule has 120 valence electrons. The molecule has 1 N–H and O–H groups in total. The summed E-state index contributed by atoms with van der Waals surface area (Å²) in [7, 11) is 0. The van der Waals surface area contributed by atoms with E-state index < -0.39 is 0 Å². The molecule has 1 atom stereocenters. The summed E-state index contributed by atoms with van der Waals surface area (Å²) in [5, 5.41) is 9.24. The normalized spacial score (nSPS) is 12.7. The van der Waals surface area contributed by atoms with E-state index in [2.05, 4.69) is 15.4 Å². The van der Waals surface area contributed by atoms with Gasteiger partial charge in [0.05, 0.1) is 5.69 Å². The number of rotatable bonds is 5. The Balaban J connectivity index is 1.79. The Labute approximate surface area is 143 Å². The molecule has 3 rings (SSSR count). The lowest BCUT2D eigenvalue weighted by atomic mass is 10.1. The van der Waals surface area contributed by atoms with Crippen molar-refractivity contribution in [1.82, 2.24) is 19.9 Å². The maximum Gasteiger partial charge on any atom is 0.275 e. The average molecular weight is 349 g/mol. The van der Waals surface area contributed by atoms with Gasteiger partial charge in [-0.1, -0.05) is 48.1 Å². The summed E-state index contributed by atoms with van der Waals surface area (Å²) < 4.78 is 1.37. The number of hydrogen-bond acceptors (Lipinski definition) is 5. The van der Waals surface area contributed by atoms with E-state index in [1.165, 1.54) is 21.9 Å². The number of hydrogen-bond donors (Lipinski definition) is 1. The molecule has 0 radical (unpaired) electrons. The van der Waals surface area contributed by atoms with Gasteiger partial charge in [-0.15, -0.1) is 0 Å². The van der Waals surface area contributed by atoms with Gasteiger partial charge in [-0.2, -0.15) is 9.61 Å². The summed E-state index contributed by atoms with van der Waals surface area (Å²) in [5.74, 6) is 0. The van der Waals surface area contributed by atoms with Crippen LogP contribution >= 0.6 is 22.9 Å². The first-order chi connectivity index (χ1) is 11.1. The first-order valence-corrected chi connectivity index (χ1v) is 8.64. The monoisotopic (exact) mass is 348 g/mol. The topological polar surface area (TPSA) is 59.3 Å². The van der Waals surface area contributed by atoms with Crippen molar-refractivity contribution in [3.05, 3.63) is 62.0 Å². The molecule has 0 fully saturated rings. The van der Waals surface area contributed by atoms with E-state index in [-0.39, 0.29) is 11.6 Å². The van der Waals surface area contributed by atoms with Gasteiger partial charge in [0.15, 0.2) is 0 Å². The molecule has 23 heavy (non-hydrogen) atoms. The van der Waals surface area contributed by atoms with Gasteiger partial charge in [-0.3, -0.25) is 4.79 Å². The summed E-state index contributed by atoms with van der Waals surface area (Å²) in [6, 6.07) is 9.32. The van der Waals surface area contributed by atoms with E-state index in [1.807, 2.05) is 38.1 Å². The van der Waals surface area contributed by atoms with E-state index in [1.54, 1.807) is 0 Å². The third kappa shape index (κ3) is 3.44. The molecule has 5 nitrogen and oxygen atoms in total. The highest BCUT2D eigenvalue weighted by Crippen LogP contribution is 2.22. The third-order valence-corrected chi connectivity index (χ3v) is 5.00. The van der Waals surface area contributed by atoms with Gasteiger partial charge >= 0.3 is 0 Å². The fourth-order valence-corrected chi connectivity index (χ4v) is 3.48.